The minimum absolute atomic E-state index is 0.594. The van der Waals surface area contributed by atoms with Crippen LogP contribution in [0.5, 0.6) is 0 Å². The van der Waals surface area contributed by atoms with Crippen molar-refractivity contribution in [1.29, 1.82) is 0 Å². The summed E-state index contributed by atoms with van der Waals surface area (Å²) < 4.78 is 1.03. The van der Waals surface area contributed by atoms with Gasteiger partial charge >= 0.3 is 0 Å². The van der Waals surface area contributed by atoms with Crippen molar-refractivity contribution in [2.45, 2.75) is 63.4 Å². The average Bonchev–Trinajstić information content (AvgIpc) is 2.42. The molecule has 1 aliphatic rings. The van der Waals surface area contributed by atoms with Gasteiger partial charge in [0.15, 0.2) is 0 Å². The summed E-state index contributed by atoms with van der Waals surface area (Å²) in [4.78, 5) is 9.20. The Hall–Kier alpha value is -0.0400. The molecule has 1 saturated carbocycles. The molecular formula is C15H24IN3S. The van der Waals surface area contributed by atoms with Crippen molar-refractivity contribution in [3.05, 3.63) is 15.1 Å². The summed E-state index contributed by atoms with van der Waals surface area (Å²) in [6.45, 7) is 4.43. The number of nitrogen functional groups attached to an aromatic ring is 1. The number of thioether (sulfide) groups is 1. The fourth-order valence-electron chi connectivity index (χ4n) is 2.58. The standard InChI is InChI=1S/C15H24IN3S/c1-10(2)8-12-14(16)15(17)19-13(18-12)9-20-11-6-4-3-5-7-11/h10-11H,3-9H2,1-2H3,(H2,17,18,19). The van der Waals surface area contributed by atoms with Gasteiger partial charge in [-0.1, -0.05) is 33.1 Å². The minimum Gasteiger partial charge on any atom is -0.383 e. The van der Waals surface area contributed by atoms with Gasteiger partial charge in [0.2, 0.25) is 0 Å². The van der Waals surface area contributed by atoms with Gasteiger partial charge in [0.1, 0.15) is 11.6 Å². The predicted molar refractivity (Wildman–Crippen MR) is 95.9 cm³/mol. The lowest BCUT2D eigenvalue weighted by molar-refractivity contribution is 0.516. The summed E-state index contributed by atoms with van der Waals surface area (Å²) in [6, 6.07) is 0. The summed E-state index contributed by atoms with van der Waals surface area (Å²) in [5, 5.41) is 0.793. The Bertz CT molecular complexity index is 445. The molecule has 0 saturated heterocycles. The van der Waals surface area contributed by atoms with Gasteiger partial charge in [0, 0.05) is 5.25 Å². The summed E-state index contributed by atoms with van der Waals surface area (Å²) >= 11 is 4.28. The maximum Gasteiger partial charge on any atom is 0.140 e. The molecule has 0 aliphatic heterocycles. The van der Waals surface area contributed by atoms with E-state index < -0.39 is 0 Å². The Morgan fingerprint density at radius 3 is 2.60 bits per heavy atom. The third kappa shape index (κ3) is 4.76. The molecule has 5 heteroatoms. The van der Waals surface area contributed by atoms with Crippen molar-refractivity contribution >= 4 is 40.2 Å². The van der Waals surface area contributed by atoms with Gasteiger partial charge in [-0.3, -0.25) is 0 Å². The molecule has 1 aliphatic carbocycles. The number of hydrogen-bond acceptors (Lipinski definition) is 4. The van der Waals surface area contributed by atoms with Crippen LogP contribution in [0.3, 0.4) is 0 Å². The van der Waals surface area contributed by atoms with E-state index in [9.17, 15) is 0 Å². The molecule has 0 spiro atoms. The lowest BCUT2D eigenvalue weighted by Crippen LogP contribution is -2.11. The molecular weight excluding hydrogens is 381 g/mol. The van der Waals surface area contributed by atoms with Crippen LogP contribution in [0, 0.1) is 9.49 Å². The molecule has 1 aromatic heterocycles. The van der Waals surface area contributed by atoms with E-state index >= 15 is 0 Å². The highest BCUT2D eigenvalue weighted by Gasteiger charge is 2.16. The predicted octanol–water partition coefficient (Wildman–Crippen LogP) is 4.43. The highest BCUT2D eigenvalue weighted by atomic mass is 127. The maximum absolute atomic E-state index is 6.04. The monoisotopic (exact) mass is 405 g/mol. The van der Waals surface area contributed by atoms with E-state index in [2.05, 4.69) is 41.4 Å². The van der Waals surface area contributed by atoms with Crippen LogP contribution in [0.15, 0.2) is 0 Å². The fraction of sp³-hybridized carbons (Fsp3) is 0.733. The molecule has 2 rings (SSSR count). The van der Waals surface area contributed by atoms with E-state index in [1.54, 1.807) is 0 Å². The van der Waals surface area contributed by atoms with E-state index in [1.807, 2.05) is 11.8 Å². The largest absolute Gasteiger partial charge is 0.383 e. The van der Waals surface area contributed by atoms with Gasteiger partial charge in [-0.2, -0.15) is 11.8 Å². The SMILES string of the molecule is CC(C)Cc1nc(CSC2CCCCC2)nc(N)c1I. The summed E-state index contributed by atoms with van der Waals surface area (Å²) in [6.07, 6.45) is 7.85. The number of aromatic nitrogens is 2. The van der Waals surface area contributed by atoms with Crippen molar-refractivity contribution in [3.8, 4) is 0 Å². The highest BCUT2D eigenvalue weighted by Crippen LogP contribution is 2.30. The van der Waals surface area contributed by atoms with Crippen LogP contribution in [0.4, 0.5) is 5.82 Å². The Labute approximate surface area is 140 Å². The van der Waals surface area contributed by atoms with Crippen molar-refractivity contribution in [1.82, 2.24) is 9.97 Å². The molecule has 0 amide bonds. The highest BCUT2D eigenvalue weighted by molar-refractivity contribution is 14.1. The van der Waals surface area contributed by atoms with Crippen LogP contribution < -0.4 is 5.73 Å². The van der Waals surface area contributed by atoms with Gasteiger partial charge < -0.3 is 5.73 Å². The van der Waals surface area contributed by atoms with Crippen molar-refractivity contribution < 1.29 is 0 Å². The van der Waals surface area contributed by atoms with Crippen LogP contribution in [-0.2, 0) is 12.2 Å². The third-order valence-electron chi connectivity index (χ3n) is 3.59. The average molecular weight is 405 g/mol. The second-order valence-corrected chi connectivity index (χ2v) is 8.32. The Kier molecular flexibility index (Phi) is 6.39. The molecule has 1 heterocycles. The topological polar surface area (TPSA) is 51.8 Å². The van der Waals surface area contributed by atoms with Crippen LogP contribution >= 0.6 is 34.4 Å². The van der Waals surface area contributed by atoms with Crippen LogP contribution in [-0.4, -0.2) is 15.2 Å². The van der Waals surface area contributed by atoms with E-state index in [1.165, 1.54) is 32.1 Å². The Morgan fingerprint density at radius 1 is 1.25 bits per heavy atom. The second-order valence-electron chi connectivity index (χ2n) is 5.95. The number of nitrogens with two attached hydrogens (primary N) is 1. The van der Waals surface area contributed by atoms with E-state index in [-0.39, 0.29) is 0 Å². The first-order valence-electron chi connectivity index (χ1n) is 7.48. The first-order chi connectivity index (χ1) is 9.56. The zero-order valence-corrected chi connectivity index (χ0v) is 15.3. The molecule has 3 nitrogen and oxygen atoms in total. The summed E-state index contributed by atoms with van der Waals surface area (Å²) in [5.41, 5.74) is 7.16. The van der Waals surface area contributed by atoms with E-state index in [0.29, 0.717) is 11.7 Å². The van der Waals surface area contributed by atoms with Crippen LogP contribution in [0.2, 0.25) is 0 Å². The van der Waals surface area contributed by atoms with Crippen molar-refractivity contribution in [3.63, 3.8) is 0 Å². The quantitative estimate of drug-likeness (QED) is 0.737. The van der Waals surface area contributed by atoms with Crippen LogP contribution in [0.1, 0.15) is 57.5 Å². The molecule has 0 unspecified atom stereocenters. The molecule has 1 aromatic rings. The lowest BCUT2D eigenvalue weighted by Gasteiger charge is -2.20. The lowest BCUT2D eigenvalue weighted by atomic mass is 10.0. The second kappa shape index (κ2) is 7.82. The van der Waals surface area contributed by atoms with E-state index in [4.69, 9.17) is 10.7 Å². The molecule has 2 N–H and O–H groups in total. The number of hydrogen-bond donors (Lipinski definition) is 1. The number of nitrogens with zero attached hydrogens (tertiary/aromatic N) is 2. The van der Waals surface area contributed by atoms with Gasteiger partial charge in [0.05, 0.1) is 15.0 Å². The Morgan fingerprint density at radius 2 is 1.95 bits per heavy atom. The summed E-state index contributed by atoms with van der Waals surface area (Å²) in [5.74, 6) is 3.05. The zero-order valence-electron chi connectivity index (χ0n) is 12.4. The maximum atomic E-state index is 6.04. The Balaban J connectivity index is 2.01. The minimum atomic E-state index is 0.594. The molecule has 112 valence electrons. The summed E-state index contributed by atoms with van der Waals surface area (Å²) in [7, 11) is 0. The van der Waals surface area contributed by atoms with Gasteiger partial charge in [-0.05, 0) is 47.8 Å². The molecule has 0 atom stereocenters. The van der Waals surface area contributed by atoms with Gasteiger partial charge in [-0.15, -0.1) is 0 Å². The first kappa shape index (κ1) is 16.3. The molecule has 20 heavy (non-hydrogen) atoms. The molecule has 0 aromatic carbocycles. The van der Waals surface area contributed by atoms with E-state index in [0.717, 1.165) is 32.5 Å². The van der Waals surface area contributed by atoms with Gasteiger partial charge in [0.25, 0.3) is 0 Å². The molecule has 0 radical (unpaired) electrons. The number of anilines is 1. The fourth-order valence-corrected chi connectivity index (χ4v) is 4.22. The third-order valence-corrected chi connectivity index (χ3v) is 6.14. The number of rotatable bonds is 5. The molecule has 1 fully saturated rings. The first-order valence-corrected chi connectivity index (χ1v) is 9.61. The van der Waals surface area contributed by atoms with Crippen molar-refractivity contribution in [2.24, 2.45) is 5.92 Å². The normalized spacial score (nSPS) is 16.8. The van der Waals surface area contributed by atoms with Crippen molar-refractivity contribution in [2.75, 3.05) is 5.73 Å². The van der Waals surface area contributed by atoms with Crippen LogP contribution in [0.25, 0.3) is 0 Å². The number of halogens is 1. The molecule has 0 bridgehead atoms. The zero-order chi connectivity index (χ0) is 14.5. The smallest absolute Gasteiger partial charge is 0.140 e. The van der Waals surface area contributed by atoms with Gasteiger partial charge in [-0.25, -0.2) is 9.97 Å².